The Bertz CT molecular complexity index is 967. The SMILES string of the molecule is S=c1n(-c2ccccc2)ccc2nc3ccccc3n12. The number of para-hydroxylation sites is 3. The van der Waals surface area contributed by atoms with E-state index in [4.69, 9.17) is 12.2 Å². The summed E-state index contributed by atoms with van der Waals surface area (Å²) >= 11 is 5.64. The Morgan fingerprint density at radius 1 is 0.850 bits per heavy atom. The minimum atomic E-state index is 0.724. The molecule has 0 N–H and O–H groups in total. The van der Waals surface area contributed by atoms with Gasteiger partial charge in [-0.1, -0.05) is 30.3 Å². The van der Waals surface area contributed by atoms with Gasteiger partial charge in [-0.05, 0) is 42.5 Å². The predicted molar refractivity (Wildman–Crippen MR) is 82.9 cm³/mol. The van der Waals surface area contributed by atoms with E-state index in [1.165, 1.54) is 0 Å². The molecule has 96 valence electrons. The first-order chi connectivity index (χ1) is 9.84. The van der Waals surface area contributed by atoms with Crippen LogP contribution in [0.2, 0.25) is 0 Å². The van der Waals surface area contributed by atoms with E-state index in [0.717, 1.165) is 27.1 Å². The van der Waals surface area contributed by atoms with Gasteiger partial charge in [0.2, 0.25) is 0 Å². The van der Waals surface area contributed by atoms with E-state index in [1.54, 1.807) is 0 Å². The normalized spacial score (nSPS) is 11.2. The fourth-order valence-corrected chi connectivity index (χ4v) is 2.81. The lowest BCUT2D eigenvalue weighted by molar-refractivity contribution is 0.936. The summed E-state index contributed by atoms with van der Waals surface area (Å²) in [5, 5.41) is 0. The molecule has 0 saturated carbocycles. The van der Waals surface area contributed by atoms with E-state index in [0.29, 0.717) is 0 Å². The second kappa shape index (κ2) is 4.28. The molecule has 0 amide bonds. The largest absolute Gasteiger partial charge is 0.294 e. The van der Waals surface area contributed by atoms with Gasteiger partial charge in [-0.2, -0.15) is 0 Å². The molecule has 4 aromatic rings. The fraction of sp³-hybridized carbons (Fsp3) is 0. The maximum atomic E-state index is 5.64. The summed E-state index contributed by atoms with van der Waals surface area (Å²) in [5.41, 5.74) is 3.93. The van der Waals surface area contributed by atoms with Crippen LogP contribution in [0.25, 0.3) is 22.4 Å². The molecule has 0 aliphatic rings. The zero-order chi connectivity index (χ0) is 13.5. The van der Waals surface area contributed by atoms with Crippen LogP contribution in [0.1, 0.15) is 0 Å². The zero-order valence-corrected chi connectivity index (χ0v) is 11.4. The van der Waals surface area contributed by atoms with E-state index in [1.807, 2.05) is 75.8 Å². The summed E-state index contributed by atoms with van der Waals surface area (Å²) in [6, 6.07) is 20.1. The van der Waals surface area contributed by atoms with Crippen molar-refractivity contribution in [1.82, 2.24) is 14.0 Å². The van der Waals surface area contributed by atoms with Crippen LogP contribution in [0.5, 0.6) is 0 Å². The Labute approximate surface area is 120 Å². The number of fused-ring (bicyclic) bond motifs is 3. The highest BCUT2D eigenvalue weighted by Crippen LogP contribution is 2.18. The first-order valence-electron chi connectivity index (χ1n) is 6.39. The number of nitrogens with zero attached hydrogens (tertiary/aromatic N) is 3. The van der Waals surface area contributed by atoms with Crippen molar-refractivity contribution in [2.24, 2.45) is 0 Å². The van der Waals surface area contributed by atoms with Crippen LogP contribution < -0.4 is 0 Å². The molecule has 0 spiro atoms. The average molecular weight is 277 g/mol. The van der Waals surface area contributed by atoms with E-state index >= 15 is 0 Å². The molecule has 0 unspecified atom stereocenters. The van der Waals surface area contributed by atoms with Crippen molar-refractivity contribution >= 4 is 28.9 Å². The summed E-state index contributed by atoms with van der Waals surface area (Å²) in [7, 11) is 0. The van der Waals surface area contributed by atoms with E-state index in [-0.39, 0.29) is 0 Å². The van der Waals surface area contributed by atoms with Crippen LogP contribution in [-0.2, 0) is 0 Å². The number of benzene rings is 2. The second-order valence-corrected chi connectivity index (χ2v) is 4.96. The minimum absolute atomic E-state index is 0.724. The lowest BCUT2D eigenvalue weighted by Crippen LogP contribution is -2.01. The van der Waals surface area contributed by atoms with Gasteiger partial charge >= 0.3 is 0 Å². The van der Waals surface area contributed by atoms with Gasteiger partial charge in [0.25, 0.3) is 0 Å². The monoisotopic (exact) mass is 277 g/mol. The van der Waals surface area contributed by atoms with Gasteiger partial charge in [-0.3, -0.25) is 8.97 Å². The van der Waals surface area contributed by atoms with Crippen molar-refractivity contribution in [1.29, 1.82) is 0 Å². The molecular weight excluding hydrogens is 266 g/mol. The smallest absolute Gasteiger partial charge is 0.190 e. The molecular formula is C16H11N3S. The molecule has 20 heavy (non-hydrogen) atoms. The number of rotatable bonds is 1. The Balaban J connectivity index is 2.13. The number of hydrogen-bond donors (Lipinski definition) is 0. The molecule has 0 atom stereocenters. The van der Waals surface area contributed by atoms with E-state index in [9.17, 15) is 0 Å². The summed E-state index contributed by atoms with van der Waals surface area (Å²) in [6.07, 6.45) is 1.97. The molecule has 2 heterocycles. The van der Waals surface area contributed by atoms with Crippen molar-refractivity contribution in [3.05, 3.63) is 71.6 Å². The lowest BCUT2D eigenvalue weighted by Gasteiger charge is -2.08. The van der Waals surface area contributed by atoms with Crippen LogP contribution >= 0.6 is 12.2 Å². The van der Waals surface area contributed by atoms with Crippen molar-refractivity contribution in [2.75, 3.05) is 0 Å². The van der Waals surface area contributed by atoms with Crippen molar-refractivity contribution < 1.29 is 0 Å². The molecule has 4 heteroatoms. The third-order valence-corrected chi connectivity index (χ3v) is 3.77. The maximum absolute atomic E-state index is 5.64. The quantitative estimate of drug-likeness (QED) is 0.490. The molecule has 0 aliphatic heterocycles. The van der Waals surface area contributed by atoms with Crippen LogP contribution in [-0.4, -0.2) is 14.0 Å². The molecule has 0 fully saturated rings. The summed E-state index contributed by atoms with van der Waals surface area (Å²) < 4.78 is 4.73. The minimum Gasteiger partial charge on any atom is -0.294 e. The second-order valence-electron chi connectivity index (χ2n) is 4.60. The molecule has 0 aliphatic carbocycles. The Kier molecular flexibility index (Phi) is 2.44. The van der Waals surface area contributed by atoms with Gasteiger partial charge in [0, 0.05) is 11.9 Å². The summed E-state index contributed by atoms with van der Waals surface area (Å²) in [6.45, 7) is 0. The maximum Gasteiger partial charge on any atom is 0.190 e. The summed E-state index contributed by atoms with van der Waals surface area (Å²) in [5.74, 6) is 0. The first kappa shape index (κ1) is 11.4. The third kappa shape index (κ3) is 1.58. The highest BCUT2D eigenvalue weighted by Gasteiger charge is 2.07. The molecule has 4 rings (SSSR count). The van der Waals surface area contributed by atoms with Gasteiger partial charge in [0.05, 0.1) is 11.0 Å². The Morgan fingerprint density at radius 3 is 2.45 bits per heavy atom. The van der Waals surface area contributed by atoms with E-state index in [2.05, 4.69) is 4.98 Å². The van der Waals surface area contributed by atoms with Crippen molar-refractivity contribution in [3.63, 3.8) is 0 Å². The van der Waals surface area contributed by atoms with Gasteiger partial charge in [0.1, 0.15) is 5.65 Å². The molecule has 0 radical (unpaired) electrons. The van der Waals surface area contributed by atoms with Crippen LogP contribution in [0.4, 0.5) is 0 Å². The van der Waals surface area contributed by atoms with Crippen molar-refractivity contribution in [2.45, 2.75) is 0 Å². The highest BCUT2D eigenvalue weighted by atomic mass is 32.1. The van der Waals surface area contributed by atoms with Gasteiger partial charge < -0.3 is 0 Å². The Morgan fingerprint density at radius 2 is 1.60 bits per heavy atom. The Hall–Kier alpha value is -2.46. The molecule has 2 aromatic carbocycles. The third-order valence-electron chi connectivity index (χ3n) is 3.39. The van der Waals surface area contributed by atoms with Gasteiger partial charge in [-0.25, -0.2) is 4.98 Å². The molecule has 0 saturated heterocycles. The standard InChI is InChI=1S/C16H11N3S/c20-16-18(12-6-2-1-3-7-12)11-10-15-17-13-8-4-5-9-14(13)19(15)16/h1-11H. The van der Waals surface area contributed by atoms with E-state index < -0.39 is 0 Å². The lowest BCUT2D eigenvalue weighted by atomic mass is 10.3. The number of hydrogen-bond acceptors (Lipinski definition) is 2. The van der Waals surface area contributed by atoms with Crippen LogP contribution in [0.3, 0.4) is 0 Å². The van der Waals surface area contributed by atoms with Crippen LogP contribution in [0, 0.1) is 4.77 Å². The van der Waals surface area contributed by atoms with Crippen LogP contribution in [0.15, 0.2) is 66.9 Å². The zero-order valence-electron chi connectivity index (χ0n) is 10.6. The highest BCUT2D eigenvalue weighted by molar-refractivity contribution is 7.71. The average Bonchev–Trinajstić information content (AvgIpc) is 2.88. The summed E-state index contributed by atoms with van der Waals surface area (Å²) in [4.78, 5) is 4.59. The van der Waals surface area contributed by atoms with Gasteiger partial charge in [0.15, 0.2) is 4.77 Å². The van der Waals surface area contributed by atoms with Gasteiger partial charge in [-0.15, -0.1) is 0 Å². The molecule has 0 bridgehead atoms. The topological polar surface area (TPSA) is 22.2 Å². The fourth-order valence-electron chi connectivity index (χ4n) is 2.46. The molecule has 2 aromatic heterocycles. The van der Waals surface area contributed by atoms with Crippen molar-refractivity contribution in [3.8, 4) is 5.69 Å². The number of imidazole rings is 1. The first-order valence-corrected chi connectivity index (χ1v) is 6.80. The number of aromatic nitrogens is 3. The predicted octanol–water partition coefficient (Wildman–Crippen LogP) is 4.01. The molecule has 3 nitrogen and oxygen atoms in total.